The first-order chi connectivity index (χ1) is 9.10. The summed E-state index contributed by atoms with van der Waals surface area (Å²) in [4.78, 5) is 21.6. The summed E-state index contributed by atoms with van der Waals surface area (Å²) < 4.78 is 5.05. The molecule has 0 spiro atoms. The van der Waals surface area contributed by atoms with Crippen molar-refractivity contribution in [2.45, 2.75) is 71.6 Å². The molecular formula is C15H28O4. The molecule has 4 nitrogen and oxygen atoms in total. The lowest BCUT2D eigenvalue weighted by Gasteiger charge is -2.16. The molecule has 0 radical (unpaired) electrons. The number of carbonyl (C=O) groups is 2. The molecule has 0 aromatic carbocycles. The third-order valence-electron chi connectivity index (χ3n) is 3.21. The predicted octanol–water partition coefficient (Wildman–Crippen LogP) is 3.78. The Kier molecular flexibility index (Phi) is 11.3. The molecule has 0 amide bonds. The highest BCUT2D eigenvalue weighted by Gasteiger charge is 2.13. The monoisotopic (exact) mass is 272 g/mol. The van der Waals surface area contributed by atoms with E-state index in [4.69, 9.17) is 9.84 Å². The molecule has 0 aliphatic carbocycles. The number of rotatable bonds is 12. The van der Waals surface area contributed by atoms with Gasteiger partial charge in [-0.15, -0.1) is 0 Å². The van der Waals surface area contributed by atoms with Gasteiger partial charge < -0.3 is 9.84 Å². The van der Waals surface area contributed by atoms with Crippen LogP contribution in [0.15, 0.2) is 0 Å². The van der Waals surface area contributed by atoms with E-state index in [-0.39, 0.29) is 0 Å². The Morgan fingerprint density at radius 2 is 1.63 bits per heavy atom. The van der Waals surface area contributed by atoms with Crippen molar-refractivity contribution in [3.63, 3.8) is 0 Å². The van der Waals surface area contributed by atoms with Crippen molar-refractivity contribution in [3.05, 3.63) is 0 Å². The van der Waals surface area contributed by atoms with E-state index in [1.165, 1.54) is 25.7 Å². The van der Waals surface area contributed by atoms with Gasteiger partial charge in [-0.05, 0) is 18.8 Å². The fourth-order valence-corrected chi connectivity index (χ4v) is 2.05. The number of unbranched alkanes of at least 4 members (excludes halogenated alkanes) is 4. The summed E-state index contributed by atoms with van der Waals surface area (Å²) in [6.07, 6.45) is 8.72. The minimum absolute atomic E-state index is 0.373. The lowest BCUT2D eigenvalue weighted by molar-refractivity contribution is -0.152. The highest BCUT2D eigenvalue weighted by Crippen LogP contribution is 2.18. The van der Waals surface area contributed by atoms with E-state index < -0.39 is 18.4 Å². The van der Waals surface area contributed by atoms with Gasteiger partial charge in [0.2, 0.25) is 0 Å². The van der Waals surface area contributed by atoms with Crippen molar-refractivity contribution in [3.8, 4) is 0 Å². The van der Waals surface area contributed by atoms with Gasteiger partial charge in [0, 0.05) is 0 Å². The third-order valence-corrected chi connectivity index (χ3v) is 3.21. The Morgan fingerprint density at radius 1 is 1.00 bits per heavy atom. The molecule has 0 aliphatic heterocycles. The average molecular weight is 272 g/mol. The maximum atomic E-state index is 11.2. The zero-order chi connectivity index (χ0) is 14.5. The molecular weight excluding hydrogens is 244 g/mol. The SMILES string of the molecule is CCCCCCC(CCCC)COC(=O)CC(=O)O. The van der Waals surface area contributed by atoms with E-state index in [1.807, 2.05) is 0 Å². The van der Waals surface area contributed by atoms with Crippen LogP contribution in [-0.2, 0) is 14.3 Å². The number of esters is 1. The number of carboxylic acids is 1. The van der Waals surface area contributed by atoms with Crippen molar-refractivity contribution in [1.29, 1.82) is 0 Å². The Labute approximate surface area is 116 Å². The quantitative estimate of drug-likeness (QED) is 0.333. The van der Waals surface area contributed by atoms with Crippen molar-refractivity contribution >= 4 is 11.9 Å². The molecule has 4 heteroatoms. The topological polar surface area (TPSA) is 63.6 Å². The molecule has 0 aliphatic rings. The zero-order valence-electron chi connectivity index (χ0n) is 12.3. The minimum Gasteiger partial charge on any atom is -0.481 e. The van der Waals surface area contributed by atoms with Crippen LogP contribution in [0.1, 0.15) is 71.6 Å². The van der Waals surface area contributed by atoms with Crippen LogP contribution in [-0.4, -0.2) is 23.7 Å². The van der Waals surface area contributed by atoms with Gasteiger partial charge in [-0.1, -0.05) is 52.4 Å². The Hall–Kier alpha value is -1.06. The molecule has 19 heavy (non-hydrogen) atoms. The van der Waals surface area contributed by atoms with E-state index in [0.29, 0.717) is 12.5 Å². The number of hydrogen-bond donors (Lipinski definition) is 1. The second-order valence-corrected chi connectivity index (χ2v) is 5.11. The van der Waals surface area contributed by atoms with E-state index in [0.717, 1.165) is 25.7 Å². The molecule has 1 atom stereocenters. The summed E-state index contributed by atoms with van der Waals surface area (Å²) in [7, 11) is 0. The maximum absolute atomic E-state index is 11.2. The van der Waals surface area contributed by atoms with Crippen LogP contribution in [0, 0.1) is 5.92 Å². The Balaban J connectivity index is 3.90. The standard InChI is InChI=1S/C15H28O4/c1-3-5-7-8-10-13(9-6-4-2)12-19-15(18)11-14(16)17/h13H,3-12H2,1-2H3,(H,16,17). The molecule has 1 unspecified atom stereocenters. The Bertz CT molecular complexity index is 251. The summed E-state index contributed by atoms with van der Waals surface area (Å²) in [5, 5.41) is 8.49. The lowest BCUT2D eigenvalue weighted by Crippen LogP contribution is -2.16. The fourth-order valence-electron chi connectivity index (χ4n) is 2.05. The van der Waals surface area contributed by atoms with Gasteiger partial charge >= 0.3 is 11.9 Å². The van der Waals surface area contributed by atoms with Crippen LogP contribution in [0.25, 0.3) is 0 Å². The molecule has 0 saturated carbocycles. The van der Waals surface area contributed by atoms with Crippen LogP contribution in [0.2, 0.25) is 0 Å². The summed E-state index contributed by atoms with van der Waals surface area (Å²) in [5.74, 6) is -1.37. The van der Waals surface area contributed by atoms with Crippen LogP contribution < -0.4 is 0 Å². The highest BCUT2D eigenvalue weighted by molar-refractivity contribution is 5.90. The molecule has 0 aromatic rings. The van der Waals surface area contributed by atoms with Crippen molar-refractivity contribution in [2.75, 3.05) is 6.61 Å². The third kappa shape index (κ3) is 11.7. The molecule has 0 saturated heterocycles. The van der Waals surface area contributed by atoms with Crippen molar-refractivity contribution in [2.24, 2.45) is 5.92 Å². The summed E-state index contributed by atoms with van der Waals surface area (Å²) >= 11 is 0. The van der Waals surface area contributed by atoms with E-state index in [2.05, 4.69) is 13.8 Å². The van der Waals surface area contributed by atoms with Gasteiger partial charge in [-0.2, -0.15) is 0 Å². The zero-order valence-corrected chi connectivity index (χ0v) is 12.3. The number of carbonyl (C=O) groups excluding carboxylic acids is 1. The summed E-state index contributed by atoms with van der Waals surface area (Å²) in [6, 6.07) is 0. The van der Waals surface area contributed by atoms with Crippen LogP contribution in [0.3, 0.4) is 0 Å². The van der Waals surface area contributed by atoms with E-state index in [9.17, 15) is 9.59 Å². The van der Waals surface area contributed by atoms with Crippen LogP contribution in [0.5, 0.6) is 0 Å². The molecule has 0 aromatic heterocycles. The molecule has 0 fully saturated rings. The predicted molar refractivity (Wildman–Crippen MR) is 75.0 cm³/mol. The van der Waals surface area contributed by atoms with Crippen molar-refractivity contribution in [1.82, 2.24) is 0 Å². The molecule has 1 N–H and O–H groups in total. The Morgan fingerprint density at radius 3 is 2.21 bits per heavy atom. The number of ether oxygens (including phenoxy) is 1. The second kappa shape index (κ2) is 12.0. The first kappa shape index (κ1) is 17.9. The smallest absolute Gasteiger partial charge is 0.317 e. The lowest BCUT2D eigenvalue weighted by atomic mass is 9.96. The highest BCUT2D eigenvalue weighted by atomic mass is 16.5. The summed E-state index contributed by atoms with van der Waals surface area (Å²) in [5.41, 5.74) is 0. The van der Waals surface area contributed by atoms with Gasteiger partial charge in [0.25, 0.3) is 0 Å². The van der Waals surface area contributed by atoms with E-state index in [1.54, 1.807) is 0 Å². The van der Waals surface area contributed by atoms with Crippen LogP contribution >= 0.6 is 0 Å². The van der Waals surface area contributed by atoms with Crippen LogP contribution in [0.4, 0.5) is 0 Å². The second-order valence-electron chi connectivity index (χ2n) is 5.11. The van der Waals surface area contributed by atoms with E-state index >= 15 is 0 Å². The first-order valence-electron chi connectivity index (χ1n) is 7.47. The maximum Gasteiger partial charge on any atom is 0.317 e. The van der Waals surface area contributed by atoms with Crippen molar-refractivity contribution < 1.29 is 19.4 Å². The molecule has 112 valence electrons. The molecule has 0 rings (SSSR count). The number of hydrogen-bond acceptors (Lipinski definition) is 3. The van der Waals surface area contributed by atoms with Gasteiger partial charge in [-0.3, -0.25) is 9.59 Å². The number of carboxylic acid groups (broad SMARTS) is 1. The molecule has 0 heterocycles. The van der Waals surface area contributed by atoms with Gasteiger partial charge in [0.15, 0.2) is 0 Å². The van der Waals surface area contributed by atoms with Gasteiger partial charge in [0.1, 0.15) is 6.42 Å². The summed E-state index contributed by atoms with van der Waals surface area (Å²) in [6.45, 7) is 4.70. The number of aliphatic carboxylic acids is 1. The average Bonchev–Trinajstić information content (AvgIpc) is 2.36. The van der Waals surface area contributed by atoms with Gasteiger partial charge in [-0.25, -0.2) is 0 Å². The minimum atomic E-state index is -1.13. The molecule has 0 bridgehead atoms. The largest absolute Gasteiger partial charge is 0.481 e. The van der Waals surface area contributed by atoms with Gasteiger partial charge in [0.05, 0.1) is 6.61 Å². The normalized spacial score (nSPS) is 12.1. The fraction of sp³-hybridized carbons (Fsp3) is 0.867. The first-order valence-corrected chi connectivity index (χ1v) is 7.47.